The van der Waals surface area contributed by atoms with Gasteiger partial charge in [-0.1, -0.05) is 18.2 Å². The number of hydrogen-bond donors (Lipinski definition) is 2. The molecule has 2 unspecified atom stereocenters. The van der Waals surface area contributed by atoms with Gasteiger partial charge in [0.25, 0.3) is 0 Å². The third kappa shape index (κ3) is 1.95. The average Bonchev–Trinajstić information content (AvgIpc) is 2.97. The van der Waals surface area contributed by atoms with Crippen LogP contribution in [0.2, 0.25) is 0 Å². The maximum absolute atomic E-state index is 12.8. The Hall–Kier alpha value is -3.02. The number of hydrazone groups is 1. The lowest BCUT2D eigenvalue weighted by molar-refractivity contribution is 0.0933. The van der Waals surface area contributed by atoms with Crippen molar-refractivity contribution < 1.29 is 9.53 Å². The third-order valence-corrected chi connectivity index (χ3v) is 4.28. The van der Waals surface area contributed by atoms with Crippen LogP contribution in [0, 0.1) is 5.92 Å². The number of ketones is 1. The van der Waals surface area contributed by atoms with Crippen molar-refractivity contribution >= 4 is 23.0 Å². The van der Waals surface area contributed by atoms with Gasteiger partial charge in [-0.15, -0.1) is 0 Å². The second-order valence-corrected chi connectivity index (χ2v) is 5.54. The lowest BCUT2D eigenvalue weighted by Crippen LogP contribution is -2.52. The number of carbonyl (C=O) groups excluding carboxylic acids is 1. The number of para-hydroxylation sites is 1. The molecule has 0 aliphatic carbocycles. The van der Waals surface area contributed by atoms with E-state index in [4.69, 9.17) is 10.5 Å². The first-order valence-corrected chi connectivity index (χ1v) is 7.36. The topological polar surface area (TPSA) is 80.0 Å². The summed E-state index contributed by atoms with van der Waals surface area (Å²) in [5, 5.41) is 4.08. The zero-order chi connectivity index (χ0) is 16.0. The van der Waals surface area contributed by atoms with Crippen molar-refractivity contribution in [3.8, 4) is 5.75 Å². The molecule has 2 heterocycles. The van der Waals surface area contributed by atoms with Crippen LogP contribution in [0.25, 0.3) is 0 Å². The quantitative estimate of drug-likeness (QED) is 0.885. The Morgan fingerprint density at radius 2 is 2.04 bits per heavy atom. The van der Waals surface area contributed by atoms with E-state index < -0.39 is 5.92 Å². The van der Waals surface area contributed by atoms with Crippen molar-refractivity contribution in [1.82, 2.24) is 5.43 Å². The molecule has 6 heteroatoms. The van der Waals surface area contributed by atoms with E-state index in [1.807, 2.05) is 53.4 Å². The zero-order valence-electron chi connectivity index (χ0n) is 12.6. The molecule has 4 rings (SSSR count). The zero-order valence-corrected chi connectivity index (χ0v) is 12.6. The highest BCUT2D eigenvalue weighted by Gasteiger charge is 2.46. The summed E-state index contributed by atoms with van der Waals surface area (Å²) >= 11 is 0. The molecule has 0 bridgehead atoms. The first-order chi connectivity index (χ1) is 11.2. The van der Waals surface area contributed by atoms with Crippen LogP contribution in [0.5, 0.6) is 5.75 Å². The van der Waals surface area contributed by atoms with Crippen molar-refractivity contribution in [3.63, 3.8) is 0 Å². The minimum atomic E-state index is -0.490. The Morgan fingerprint density at radius 1 is 1.22 bits per heavy atom. The van der Waals surface area contributed by atoms with Gasteiger partial charge in [0, 0.05) is 17.3 Å². The van der Waals surface area contributed by atoms with Gasteiger partial charge in [-0.05, 0) is 24.3 Å². The number of anilines is 2. The fourth-order valence-electron chi connectivity index (χ4n) is 3.20. The number of nitrogens with one attached hydrogen (secondary N) is 1. The maximum atomic E-state index is 12.8. The van der Waals surface area contributed by atoms with Gasteiger partial charge in [-0.2, -0.15) is 5.10 Å². The van der Waals surface area contributed by atoms with Crippen LogP contribution < -0.4 is 20.8 Å². The molecule has 6 nitrogen and oxygen atoms in total. The summed E-state index contributed by atoms with van der Waals surface area (Å²) in [6, 6.07) is 15.2. The van der Waals surface area contributed by atoms with E-state index in [0.717, 1.165) is 17.1 Å². The van der Waals surface area contributed by atoms with Gasteiger partial charge in [0.15, 0.2) is 5.78 Å². The summed E-state index contributed by atoms with van der Waals surface area (Å²) in [6.45, 7) is 0. The number of carbonyl (C=O) groups is 1. The summed E-state index contributed by atoms with van der Waals surface area (Å²) in [6.07, 6.45) is -0.329. The van der Waals surface area contributed by atoms with Crippen molar-refractivity contribution in [1.29, 1.82) is 0 Å². The van der Waals surface area contributed by atoms with Crippen LogP contribution in [-0.2, 0) is 0 Å². The Balaban J connectivity index is 1.90. The van der Waals surface area contributed by atoms with Crippen molar-refractivity contribution in [3.05, 3.63) is 54.1 Å². The van der Waals surface area contributed by atoms with Gasteiger partial charge in [-0.25, -0.2) is 0 Å². The van der Waals surface area contributed by atoms with Crippen molar-refractivity contribution in [2.45, 2.75) is 6.17 Å². The lowest BCUT2D eigenvalue weighted by atomic mass is 9.87. The molecule has 0 spiro atoms. The first-order valence-electron chi connectivity index (χ1n) is 7.36. The molecule has 0 amide bonds. The molecular weight excluding hydrogens is 292 g/mol. The second kappa shape index (κ2) is 5.01. The van der Waals surface area contributed by atoms with Gasteiger partial charge in [0.1, 0.15) is 23.7 Å². The van der Waals surface area contributed by atoms with Crippen LogP contribution in [0.15, 0.2) is 53.6 Å². The molecule has 23 heavy (non-hydrogen) atoms. The second-order valence-electron chi connectivity index (χ2n) is 5.54. The molecule has 0 aromatic heterocycles. The van der Waals surface area contributed by atoms with Crippen LogP contribution in [0.1, 0.15) is 10.4 Å². The standard InChI is InChI=1S/C17H16N4O2/c1-23-11-6-4-5-10(9-11)21-13-8-3-2-7-12(13)15(22)14-16(18)19-20-17(14)21/h2-9,14,17,20H,1H3,(H2,18,19). The van der Waals surface area contributed by atoms with Crippen LogP contribution >= 0.6 is 0 Å². The van der Waals surface area contributed by atoms with Crippen LogP contribution in [0.3, 0.4) is 0 Å². The van der Waals surface area contributed by atoms with Crippen LogP contribution in [0.4, 0.5) is 11.4 Å². The van der Waals surface area contributed by atoms with Gasteiger partial charge in [0.05, 0.1) is 12.8 Å². The molecular formula is C17H16N4O2. The molecule has 0 fully saturated rings. The van der Waals surface area contributed by atoms with E-state index in [1.54, 1.807) is 7.11 Å². The summed E-state index contributed by atoms with van der Waals surface area (Å²) in [5.41, 5.74) is 11.3. The van der Waals surface area contributed by atoms with Gasteiger partial charge in [0.2, 0.25) is 0 Å². The number of amidine groups is 1. The molecule has 0 saturated heterocycles. The molecule has 2 atom stereocenters. The Kier molecular flexibility index (Phi) is 2.97. The summed E-state index contributed by atoms with van der Waals surface area (Å²) in [5.74, 6) is 0.579. The molecule has 0 saturated carbocycles. The highest BCUT2D eigenvalue weighted by molar-refractivity contribution is 6.17. The molecule has 116 valence electrons. The maximum Gasteiger partial charge on any atom is 0.179 e. The summed E-state index contributed by atoms with van der Waals surface area (Å²) in [7, 11) is 1.63. The number of benzene rings is 2. The van der Waals surface area contributed by atoms with E-state index in [-0.39, 0.29) is 11.9 Å². The Labute approximate surface area is 133 Å². The SMILES string of the molecule is COc1cccc(N2c3ccccc3C(=O)C3C(N)=NNC32)c1. The molecule has 2 aromatic rings. The fourth-order valence-corrected chi connectivity index (χ4v) is 3.20. The number of Topliss-reactive ketones (excluding diaryl/α,β-unsaturated/α-hetero) is 1. The highest BCUT2D eigenvalue weighted by Crippen LogP contribution is 2.40. The van der Waals surface area contributed by atoms with E-state index >= 15 is 0 Å². The molecule has 0 radical (unpaired) electrons. The predicted molar refractivity (Wildman–Crippen MR) is 87.9 cm³/mol. The number of fused-ring (bicyclic) bond motifs is 2. The van der Waals surface area contributed by atoms with Crippen LogP contribution in [-0.4, -0.2) is 24.9 Å². The highest BCUT2D eigenvalue weighted by atomic mass is 16.5. The van der Waals surface area contributed by atoms with Crippen molar-refractivity contribution in [2.24, 2.45) is 16.8 Å². The van der Waals surface area contributed by atoms with E-state index in [1.165, 1.54) is 0 Å². The smallest absolute Gasteiger partial charge is 0.179 e. The number of nitrogens with two attached hydrogens (primary N) is 1. The van der Waals surface area contributed by atoms with Gasteiger partial charge >= 0.3 is 0 Å². The number of ether oxygens (including phenoxy) is 1. The largest absolute Gasteiger partial charge is 0.497 e. The monoisotopic (exact) mass is 308 g/mol. The number of hydrogen-bond acceptors (Lipinski definition) is 6. The predicted octanol–water partition coefficient (Wildman–Crippen LogP) is 1.85. The van der Waals surface area contributed by atoms with Gasteiger partial charge in [-0.3, -0.25) is 10.2 Å². The van der Waals surface area contributed by atoms with Crippen molar-refractivity contribution in [2.75, 3.05) is 12.0 Å². The third-order valence-electron chi connectivity index (χ3n) is 4.28. The van der Waals surface area contributed by atoms with E-state index in [0.29, 0.717) is 11.4 Å². The van der Waals surface area contributed by atoms with E-state index in [2.05, 4.69) is 10.5 Å². The average molecular weight is 308 g/mol. The van der Waals surface area contributed by atoms with E-state index in [9.17, 15) is 4.79 Å². The molecule has 2 aliphatic rings. The molecule has 2 aliphatic heterocycles. The first kappa shape index (κ1) is 13.6. The number of methoxy groups -OCH3 is 1. The minimum Gasteiger partial charge on any atom is -0.497 e. The summed E-state index contributed by atoms with van der Waals surface area (Å²) < 4.78 is 5.32. The Morgan fingerprint density at radius 3 is 2.87 bits per heavy atom. The fraction of sp³-hybridized carbons (Fsp3) is 0.176. The Bertz CT molecular complexity index is 818. The normalized spacial score (nSPS) is 22.0. The lowest BCUT2D eigenvalue weighted by Gasteiger charge is -2.38. The summed E-state index contributed by atoms with van der Waals surface area (Å²) in [4.78, 5) is 14.8. The molecule has 2 aromatic carbocycles. The minimum absolute atomic E-state index is 0.00371. The number of rotatable bonds is 2. The van der Waals surface area contributed by atoms with Gasteiger partial charge < -0.3 is 15.4 Å². The molecule has 3 N–H and O–H groups in total. The number of nitrogens with zero attached hydrogens (tertiary/aromatic N) is 2.